The lowest BCUT2D eigenvalue weighted by Gasteiger charge is -2.50. The molecule has 0 aliphatic carbocycles. The molecule has 9 saturated heterocycles. The molecule has 0 aromatic heterocycles. The van der Waals surface area contributed by atoms with Gasteiger partial charge in [0.05, 0.1) is 59.5 Å². The van der Waals surface area contributed by atoms with Gasteiger partial charge in [0.1, 0.15) is 201 Å². The van der Waals surface area contributed by atoms with Crippen LogP contribution in [0.4, 0.5) is 0 Å². The SMILES string of the molecule is OC[C@H]1O[C@@H](O[C@H]2[C@H](O)[C@@H](O)[C@H](O[C@H]3[C@H](O)[C@@H](O)[C@H](O[C@H]4[C@H](O)[C@@H](O)[C@H](O[C@H]5[C@H](O)[C@@H](O)[C@H](O[C@H]6[C@H](O)[C@@H](O)C(O)O[C@@H]6CO)O[C@@H]5CO[C@H]5OC[C@@H](O)[C@H](O)[C@H]5O)O[C@@H]4CO[C@H]4OC[C@@H](O)[C@H](O)[C@H]4O)O[C@@H]3CO[C@H]3OC[C@@H](O)[C@H](O)[C@H]3O)O[C@@H]2CO)[C@H](O)[C@@H](O)[C@H]1O. The number of hydrogen-bond donors (Lipinski definition) is 26. The molecule has 9 aliphatic heterocycles. The maximum absolute atomic E-state index is 12.1. The molecule has 9 aliphatic rings. The molecule has 43 nitrogen and oxygen atoms in total. The molecule has 0 spiro atoms. The Hall–Kier alpha value is -1.72. The highest BCUT2D eigenvalue weighted by Gasteiger charge is 2.59. The van der Waals surface area contributed by atoms with E-state index in [1.807, 2.05) is 0 Å². The first-order chi connectivity index (χ1) is 44.5. The van der Waals surface area contributed by atoms with Crippen LogP contribution in [0.1, 0.15) is 0 Å². The van der Waals surface area contributed by atoms with Gasteiger partial charge in [-0.25, -0.2) is 0 Å². The summed E-state index contributed by atoms with van der Waals surface area (Å²) in [5.41, 5.74) is 0. The second kappa shape index (κ2) is 32.9. The monoisotopic (exact) mass is 1390 g/mol. The number of rotatable bonds is 22. The molecule has 0 amide bonds. The Kier molecular flexibility index (Phi) is 26.8. The zero-order chi connectivity index (χ0) is 68.6. The second-order valence-electron chi connectivity index (χ2n) is 24.0. The summed E-state index contributed by atoms with van der Waals surface area (Å²) in [6.07, 6.45) is -84.2. The van der Waals surface area contributed by atoms with Crippen LogP contribution in [0, 0.1) is 0 Å². The normalized spacial score (nSPS) is 53.9. The molecule has 42 atom stereocenters. The van der Waals surface area contributed by atoms with E-state index in [9.17, 15) is 133 Å². The lowest BCUT2D eigenvalue weighted by atomic mass is 9.95. The van der Waals surface area contributed by atoms with Crippen molar-refractivity contribution >= 4 is 0 Å². The van der Waals surface area contributed by atoms with Crippen molar-refractivity contribution in [3.8, 4) is 0 Å². The Bertz CT molecular complexity index is 2290. The molecule has 94 heavy (non-hydrogen) atoms. The van der Waals surface area contributed by atoms with Gasteiger partial charge in [-0.3, -0.25) is 0 Å². The third-order valence-electron chi connectivity index (χ3n) is 17.5. The van der Waals surface area contributed by atoms with Gasteiger partial charge in [0, 0.05) is 0 Å². The molecule has 1 unspecified atom stereocenters. The fourth-order valence-corrected chi connectivity index (χ4v) is 11.8. The van der Waals surface area contributed by atoms with Crippen LogP contribution in [0.5, 0.6) is 0 Å². The van der Waals surface area contributed by atoms with E-state index in [1.165, 1.54) is 0 Å². The summed E-state index contributed by atoms with van der Waals surface area (Å²) < 4.78 is 96.6. The van der Waals surface area contributed by atoms with Crippen molar-refractivity contribution in [2.45, 2.75) is 258 Å². The molecule has 0 radical (unpaired) electrons. The fourth-order valence-electron chi connectivity index (χ4n) is 11.8. The molecule has 548 valence electrons. The topological polar surface area (TPSA) is 683 Å². The Balaban J connectivity index is 0.968. The lowest BCUT2D eigenvalue weighted by Crippen LogP contribution is -2.68. The summed E-state index contributed by atoms with van der Waals surface area (Å²) in [5, 5.41) is 280. The van der Waals surface area contributed by atoms with Crippen LogP contribution < -0.4 is 0 Å². The van der Waals surface area contributed by atoms with E-state index in [4.69, 9.17) is 80.5 Å². The van der Waals surface area contributed by atoms with Crippen LogP contribution in [0.2, 0.25) is 0 Å². The number of hydrogen-bond acceptors (Lipinski definition) is 43. The van der Waals surface area contributed by atoms with Crippen molar-refractivity contribution in [3.63, 3.8) is 0 Å². The van der Waals surface area contributed by atoms with Crippen molar-refractivity contribution in [3.05, 3.63) is 0 Å². The second-order valence-corrected chi connectivity index (χ2v) is 24.0. The Morgan fingerprint density at radius 2 is 0.457 bits per heavy atom. The van der Waals surface area contributed by atoms with Crippen LogP contribution in [0.3, 0.4) is 0 Å². The van der Waals surface area contributed by atoms with Crippen molar-refractivity contribution in [1.29, 1.82) is 0 Å². The number of aliphatic hydroxyl groups excluding tert-OH is 26. The zero-order valence-electron chi connectivity index (χ0n) is 49.2. The third kappa shape index (κ3) is 16.3. The van der Waals surface area contributed by atoms with Gasteiger partial charge >= 0.3 is 0 Å². The quantitative estimate of drug-likeness (QED) is 0.0479. The van der Waals surface area contributed by atoms with E-state index in [2.05, 4.69) is 0 Å². The fraction of sp³-hybridized carbons (Fsp3) is 1.00. The molecule has 26 N–H and O–H groups in total. The molecule has 9 rings (SSSR count). The largest absolute Gasteiger partial charge is 0.394 e. The Morgan fingerprint density at radius 3 is 0.755 bits per heavy atom. The summed E-state index contributed by atoms with van der Waals surface area (Å²) in [4.78, 5) is 0. The van der Waals surface area contributed by atoms with Gasteiger partial charge in [-0.15, -0.1) is 0 Å². The standard InChI is InChI=1S/C51H86O43/c52-1-13-22(61)23(62)33(72)47(85-13)91-39-15(3-54)86-48(34(73)25(39)64)92-40-16(7-81-44-30(69)19(58)10(55)4-78-44)88-50(36(75)27(40)66)94-42-18(9-83-46-32(71)21(60)12(57)6-80-46)89-51(37(76)28(42)67)93-41-17(8-82-45-31(70)20(59)11(56)5-79-45)87-49(35(74)26(41)65)90-38-14(2-53)84-43(77)29(68)24(38)63/h10-77H,1-9H2/t10-,11-,12-,13-,14-,15-,16-,17-,18-,19+,20+,21+,22+,23+,24-,25-,26-,27-,28-,29-,30-,31-,32-,33-,34-,35-,36-,37-,38-,39-,40-,41-,42-,43?,44-,45-,46-,47+,48+,49+,50+,51+/m1/s1. The van der Waals surface area contributed by atoms with Gasteiger partial charge in [0.25, 0.3) is 0 Å². The average Bonchev–Trinajstić information content (AvgIpc) is 0.777. The molecule has 0 aromatic carbocycles. The average molecular weight is 1390 g/mol. The third-order valence-corrected chi connectivity index (χ3v) is 17.5. The van der Waals surface area contributed by atoms with E-state index >= 15 is 0 Å². The van der Waals surface area contributed by atoms with E-state index in [-0.39, 0.29) is 0 Å². The minimum Gasteiger partial charge on any atom is -0.394 e. The molecule has 0 aromatic rings. The van der Waals surface area contributed by atoms with Crippen molar-refractivity contribution < 1.29 is 213 Å². The van der Waals surface area contributed by atoms with E-state index in [0.29, 0.717) is 0 Å². The highest BCUT2D eigenvalue weighted by atomic mass is 16.8. The van der Waals surface area contributed by atoms with Gasteiger partial charge < -0.3 is 213 Å². The van der Waals surface area contributed by atoms with Crippen LogP contribution >= 0.6 is 0 Å². The highest BCUT2D eigenvalue weighted by Crippen LogP contribution is 2.38. The first-order valence-corrected chi connectivity index (χ1v) is 29.9. The van der Waals surface area contributed by atoms with Crippen LogP contribution in [-0.4, -0.2) is 450 Å². The number of aliphatic hydroxyl groups is 26. The molecule has 9 heterocycles. The zero-order valence-corrected chi connectivity index (χ0v) is 49.2. The van der Waals surface area contributed by atoms with Gasteiger partial charge in [-0.1, -0.05) is 0 Å². The maximum atomic E-state index is 12.1. The van der Waals surface area contributed by atoms with Gasteiger partial charge in [0.2, 0.25) is 0 Å². The first kappa shape index (κ1) is 76.5. The predicted molar refractivity (Wildman–Crippen MR) is 279 cm³/mol. The molecular weight excluding hydrogens is 1300 g/mol. The summed E-state index contributed by atoms with van der Waals surface area (Å²) >= 11 is 0. The maximum Gasteiger partial charge on any atom is 0.187 e. The van der Waals surface area contributed by atoms with Crippen LogP contribution in [0.25, 0.3) is 0 Å². The van der Waals surface area contributed by atoms with E-state index in [0.717, 1.165) is 0 Å². The van der Waals surface area contributed by atoms with Crippen LogP contribution in [0.15, 0.2) is 0 Å². The molecule has 43 heteroatoms. The number of ether oxygens (including phenoxy) is 17. The summed E-state index contributed by atoms with van der Waals surface area (Å²) in [5.74, 6) is 0. The highest BCUT2D eigenvalue weighted by molar-refractivity contribution is 5.01. The Morgan fingerprint density at radius 1 is 0.223 bits per heavy atom. The van der Waals surface area contributed by atoms with Crippen molar-refractivity contribution in [1.82, 2.24) is 0 Å². The molecular formula is C51H86O43. The lowest BCUT2D eigenvalue weighted by molar-refractivity contribution is -0.400. The first-order valence-electron chi connectivity index (χ1n) is 29.9. The predicted octanol–water partition coefficient (Wildman–Crippen LogP) is -18.7. The van der Waals surface area contributed by atoms with Gasteiger partial charge in [-0.05, 0) is 0 Å². The minimum atomic E-state index is -2.44. The summed E-state index contributed by atoms with van der Waals surface area (Å²) in [6.45, 7) is -7.71. The van der Waals surface area contributed by atoms with E-state index < -0.39 is 318 Å². The summed E-state index contributed by atoms with van der Waals surface area (Å²) in [6, 6.07) is 0. The van der Waals surface area contributed by atoms with E-state index in [1.54, 1.807) is 0 Å². The Labute approximate surface area is 530 Å². The molecule has 0 bridgehead atoms. The van der Waals surface area contributed by atoms with Crippen molar-refractivity contribution in [2.24, 2.45) is 0 Å². The minimum absolute atomic E-state index is 0.595. The molecule has 0 saturated carbocycles. The van der Waals surface area contributed by atoms with Crippen LogP contribution in [-0.2, 0) is 80.5 Å². The summed E-state index contributed by atoms with van der Waals surface area (Å²) in [7, 11) is 0. The van der Waals surface area contributed by atoms with Crippen molar-refractivity contribution in [2.75, 3.05) is 59.5 Å². The molecule has 9 fully saturated rings. The van der Waals surface area contributed by atoms with Gasteiger partial charge in [0.15, 0.2) is 56.6 Å². The van der Waals surface area contributed by atoms with Gasteiger partial charge in [-0.2, -0.15) is 0 Å². The smallest absolute Gasteiger partial charge is 0.187 e.